The standard InChI is InChI=1S/C12H11NO3S/c1-2-5-16-12(15)8-3-4-10-9(6-8)13-11(14)7-17-10/h2-4,6H,1,5,7H2,(H,13,14). The second-order valence-corrected chi connectivity index (χ2v) is 4.45. The summed E-state index contributed by atoms with van der Waals surface area (Å²) in [6.45, 7) is 3.65. The van der Waals surface area contributed by atoms with Crippen LogP contribution in [-0.2, 0) is 9.53 Å². The Balaban J connectivity index is 2.20. The van der Waals surface area contributed by atoms with E-state index in [1.165, 1.54) is 17.8 Å². The van der Waals surface area contributed by atoms with Crippen LogP contribution in [0.5, 0.6) is 0 Å². The van der Waals surface area contributed by atoms with Crippen LogP contribution < -0.4 is 5.32 Å². The maximum absolute atomic E-state index is 11.6. The lowest BCUT2D eigenvalue weighted by molar-refractivity contribution is -0.113. The molecule has 5 heteroatoms. The van der Waals surface area contributed by atoms with Crippen molar-refractivity contribution in [2.24, 2.45) is 0 Å². The van der Waals surface area contributed by atoms with Crippen LogP contribution in [0.4, 0.5) is 5.69 Å². The summed E-state index contributed by atoms with van der Waals surface area (Å²) < 4.78 is 4.92. The summed E-state index contributed by atoms with van der Waals surface area (Å²) in [6, 6.07) is 5.13. The lowest BCUT2D eigenvalue weighted by atomic mass is 10.2. The van der Waals surface area contributed by atoms with Gasteiger partial charge in [0, 0.05) is 4.90 Å². The highest BCUT2D eigenvalue weighted by atomic mass is 32.2. The number of nitrogens with one attached hydrogen (secondary N) is 1. The smallest absolute Gasteiger partial charge is 0.338 e. The SMILES string of the molecule is C=CCOC(=O)c1ccc2c(c1)NC(=O)CS2. The molecule has 1 N–H and O–H groups in total. The van der Waals surface area contributed by atoms with Crippen LogP contribution >= 0.6 is 11.8 Å². The topological polar surface area (TPSA) is 55.4 Å². The molecule has 1 heterocycles. The van der Waals surface area contributed by atoms with Crippen LogP contribution in [0.3, 0.4) is 0 Å². The number of ether oxygens (including phenoxy) is 1. The van der Waals surface area contributed by atoms with Crippen molar-refractivity contribution in [1.29, 1.82) is 0 Å². The van der Waals surface area contributed by atoms with Gasteiger partial charge in [0.25, 0.3) is 0 Å². The van der Waals surface area contributed by atoms with Crippen LogP contribution in [0, 0.1) is 0 Å². The molecule has 1 amide bonds. The van der Waals surface area contributed by atoms with Crippen LogP contribution in [-0.4, -0.2) is 24.2 Å². The molecule has 88 valence electrons. The Morgan fingerprint density at radius 3 is 3.18 bits per heavy atom. The molecule has 2 rings (SSSR count). The second kappa shape index (κ2) is 5.05. The van der Waals surface area contributed by atoms with E-state index in [0.717, 1.165) is 4.90 Å². The summed E-state index contributed by atoms with van der Waals surface area (Å²) in [7, 11) is 0. The number of carbonyl (C=O) groups is 2. The lowest BCUT2D eigenvalue weighted by Gasteiger charge is -2.16. The van der Waals surface area contributed by atoms with Gasteiger partial charge in [-0.3, -0.25) is 4.79 Å². The molecule has 0 fully saturated rings. The summed E-state index contributed by atoms with van der Waals surface area (Å²) in [6.07, 6.45) is 1.51. The normalized spacial score (nSPS) is 13.5. The quantitative estimate of drug-likeness (QED) is 0.658. The van der Waals surface area contributed by atoms with Gasteiger partial charge in [0.1, 0.15) is 6.61 Å². The first kappa shape index (κ1) is 11.7. The van der Waals surface area contributed by atoms with Gasteiger partial charge in [-0.1, -0.05) is 12.7 Å². The van der Waals surface area contributed by atoms with E-state index in [1.54, 1.807) is 12.1 Å². The first-order valence-corrected chi connectivity index (χ1v) is 6.04. The van der Waals surface area contributed by atoms with Gasteiger partial charge < -0.3 is 10.1 Å². The number of hydrogen-bond donors (Lipinski definition) is 1. The van der Waals surface area contributed by atoms with Crippen molar-refractivity contribution in [2.45, 2.75) is 4.90 Å². The van der Waals surface area contributed by atoms with E-state index in [1.807, 2.05) is 6.07 Å². The molecular weight excluding hydrogens is 238 g/mol. The number of thioether (sulfide) groups is 1. The third kappa shape index (κ3) is 2.68. The fraction of sp³-hybridized carbons (Fsp3) is 0.167. The molecule has 1 aliphatic rings. The van der Waals surface area contributed by atoms with Crippen molar-refractivity contribution in [2.75, 3.05) is 17.7 Å². The summed E-state index contributed by atoms with van der Waals surface area (Å²) in [5, 5.41) is 2.72. The van der Waals surface area contributed by atoms with Gasteiger partial charge in [0.2, 0.25) is 5.91 Å². The number of fused-ring (bicyclic) bond motifs is 1. The van der Waals surface area contributed by atoms with Crippen molar-refractivity contribution in [3.63, 3.8) is 0 Å². The summed E-state index contributed by atoms with van der Waals surface area (Å²) in [5.41, 5.74) is 1.09. The average molecular weight is 249 g/mol. The summed E-state index contributed by atoms with van der Waals surface area (Å²) >= 11 is 1.45. The molecule has 1 aromatic carbocycles. The minimum atomic E-state index is -0.419. The number of amides is 1. The van der Waals surface area contributed by atoms with E-state index in [9.17, 15) is 9.59 Å². The molecule has 0 bridgehead atoms. The molecule has 17 heavy (non-hydrogen) atoms. The average Bonchev–Trinajstić information content (AvgIpc) is 2.35. The molecule has 1 aliphatic heterocycles. The maximum atomic E-state index is 11.6. The lowest BCUT2D eigenvalue weighted by Crippen LogP contribution is -2.19. The molecule has 1 aromatic rings. The van der Waals surface area contributed by atoms with Crippen molar-refractivity contribution < 1.29 is 14.3 Å². The zero-order chi connectivity index (χ0) is 12.3. The molecule has 4 nitrogen and oxygen atoms in total. The van der Waals surface area contributed by atoms with Gasteiger partial charge in [0.05, 0.1) is 17.0 Å². The molecular formula is C12H11NO3S. The number of esters is 1. The highest BCUT2D eigenvalue weighted by molar-refractivity contribution is 8.00. The van der Waals surface area contributed by atoms with E-state index >= 15 is 0 Å². The fourth-order valence-electron chi connectivity index (χ4n) is 1.43. The number of benzene rings is 1. The number of anilines is 1. The highest BCUT2D eigenvalue weighted by Gasteiger charge is 2.17. The second-order valence-electron chi connectivity index (χ2n) is 3.43. The van der Waals surface area contributed by atoms with Gasteiger partial charge in [-0.25, -0.2) is 4.79 Å². The monoisotopic (exact) mass is 249 g/mol. The van der Waals surface area contributed by atoms with Gasteiger partial charge >= 0.3 is 5.97 Å². The highest BCUT2D eigenvalue weighted by Crippen LogP contribution is 2.32. The number of rotatable bonds is 3. The fourth-order valence-corrected chi connectivity index (χ4v) is 2.22. The van der Waals surface area contributed by atoms with E-state index in [-0.39, 0.29) is 12.5 Å². The number of hydrogen-bond acceptors (Lipinski definition) is 4. The molecule has 0 radical (unpaired) electrons. The van der Waals surface area contributed by atoms with Crippen LogP contribution in [0.25, 0.3) is 0 Å². The molecule has 0 atom stereocenters. The van der Waals surface area contributed by atoms with Gasteiger partial charge in [-0.2, -0.15) is 0 Å². The van der Waals surface area contributed by atoms with Crippen molar-refractivity contribution in [3.8, 4) is 0 Å². The largest absolute Gasteiger partial charge is 0.458 e. The van der Waals surface area contributed by atoms with E-state index < -0.39 is 5.97 Å². The van der Waals surface area contributed by atoms with Gasteiger partial charge in [0.15, 0.2) is 0 Å². The Labute approximate surface area is 103 Å². The Hall–Kier alpha value is -1.75. The molecule has 0 saturated heterocycles. The van der Waals surface area contributed by atoms with Crippen LogP contribution in [0.1, 0.15) is 10.4 Å². The molecule has 0 aromatic heterocycles. The summed E-state index contributed by atoms with van der Waals surface area (Å²) in [5.74, 6) is -0.0654. The van der Waals surface area contributed by atoms with E-state index in [0.29, 0.717) is 17.0 Å². The Kier molecular flexibility index (Phi) is 3.49. The van der Waals surface area contributed by atoms with E-state index in [2.05, 4.69) is 11.9 Å². The van der Waals surface area contributed by atoms with Gasteiger partial charge in [-0.15, -0.1) is 11.8 Å². The Morgan fingerprint density at radius 2 is 2.41 bits per heavy atom. The third-order valence-electron chi connectivity index (χ3n) is 2.18. The Bertz CT molecular complexity index is 485. The van der Waals surface area contributed by atoms with E-state index in [4.69, 9.17) is 4.74 Å². The Morgan fingerprint density at radius 1 is 1.59 bits per heavy atom. The first-order chi connectivity index (χ1) is 8.20. The van der Waals surface area contributed by atoms with Crippen molar-refractivity contribution in [3.05, 3.63) is 36.4 Å². The molecule has 0 unspecified atom stereocenters. The molecule has 0 saturated carbocycles. The minimum Gasteiger partial charge on any atom is -0.458 e. The van der Waals surface area contributed by atoms with Gasteiger partial charge in [-0.05, 0) is 18.2 Å². The minimum absolute atomic E-state index is 0.0564. The third-order valence-corrected chi connectivity index (χ3v) is 3.25. The van der Waals surface area contributed by atoms with Crippen LogP contribution in [0.15, 0.2) is 35.7 Å². The van der Waals surface area contributed by atoms with Crippen molar-refractivity contribution in [1.82, 2.24) is 0 Å². The predicted octanol–water partition coefficient (Wildman–Crippen LogP) is 2.07. The zero-order valence-corrected chi connectivity index (χ0v) is 9.88. The zero-order valence-electron chi connectivity index (χ0n) is 9.06. The number of carbonyl (C=O) groups excluding carboxylic acids is 2. The van der Waals surface area contributed by atoms with Crippen molar-refractivity contribution >= 4 is 29.3 Å². The molecule has 0 aliphatic carbocycles. The predicted molar refractivity (Wildman–Crippen MR) is 66.3 cm³/mol. The molecule has 0 spiro atoms. The van der Waals surface area contributed by atoms with Crippen LogP contribution in [0.2, 0.25) is 0 Å². The maximum Gasteiger partial charge on any atom is 0.338 e. The summed E-state index contributed by atoms with van der Waals surface area (Å²) in [4.78, 5) is 23.8. The first-order valence-electron chi connectivity index (χ1n) is 5.05.